The second kappa shape index (κ2) is 9.69. The highest BCUT2D eigenvalue weighted by Crippen LogP contribution is 2.19. The highest BCUT2D eigenvalue weighted by atomic mass is 32.2. The number of carbonyl (C=O) groups is 1. The van der Waals surface area contributed by atoms with Gasteiger partial charge in [-0.3, -0.25) is 0 Å². The lowest BCUT2D eigenvalue weighted by molar-refractivity contribution is 0.101. The predicted octanol–water partition coefficient (Wildman–Crippen LogP) is 1.51. The topological polar surface area (TPSA) is 109 Å². The highest BCUT2D eigenvalue weighted by Gasteiger charge is 2.38. The summed E-state index contributed by atoms with van der Waals surface area (Å²) in [5, 5.41) is 6.81. The Morgan fingerprint density at radius 2 is 1.96 bits per heavy atom. The maximum atomic E-state index is 12.2. The molecule has 9 nitrogen and oxygen atoms in total. The Kier molecular flexibility index (Phi) is 7.82. The van der Waals surface area contributed by atoms with Gasteiger partial charge >= 0.3 is 6.03 Å². The molecule has 1 aromatic heterocycles. The van der Waals surface area contributed by atoms with Gasteiger partial charge in [0.05, 0.1) is 12.3 Å². The molecule has 0 aromatic carbocycles. The van der Waals surface area contributed by atoms with Crippen molar-refractivity contribution in [3.8, 4) is 0 Å². The summed E-state index contributed by atoms with van der Waals surface area (Å²) in [5.74, 6) is 2.01. The second-order valence-electron chi connectivity index (χ2n) is 8.30. The van der Waals surface area contributed by atoms with Crippen molar-refractivity contribution in [1.82, 2.24) is 24.7 Å². The molecule has 0 atom stereocenters. The quantitative estimate of drug-likeness (QED) is 0.620. The fourth-order valence-electron chi connectivity index (χ4n) is 3.04. The van der Waals surface area contributed by atoms with Crippen molar-refractivity contribution in [2.75, 3.05) is 32.4 Å². The van der Waals surface area contributed by atoms with Crippen molar-refractivity contribution in [3.05, 3.63) is 11.7 Å². The summed E-state index contributed by atoms with van der Waals surface area (Å²) in [6.45, 7) is 10.0. The summed E-state index contributed by atoms with van der Waals surface area (Å²) in [5.41, 5.74) is 0. The van der Waals surface area contributed by atoms with Crippen LogP contribution in [0.1, 0.15) is 45.8 Å². The molecule has 1 aliphatic rings. The van der Waals surface area contributed by atoms with E-state index < -0.39 is 10.0 Å². The Bertz CT molecular complexity index is 741. The average molecular weight is 416 g/mol. The molecular formula is C18H33N5O4S. The van der Waals surface area contributed by atoms with Gasteiger partial charge in [0.2, 0.25) is 15.9 Å². The third kappa shape index (κ3) is 6.73. The van der Waals surface area contributed by atoms with E-state index in [1.165, 1.54) is 10.6 Å². The predicted molar refractivity (Wildman–Crippen MR) is 106 cm³/mol. The third-order valence-electron chi connectivity index (χ3n) is 4.63. The van der Waals surface area contributed by atoms with Gasteiger partial charge in [0.15, 0.2) is 5.82 Å². The molecule has 1 saturated heterocycles. The van der Waals surface area contributed by atoms with Crippen molar-refractivity contribution in [2.24, 2.45) is 11.8 Å². The van der Waals surface area contributed by atoms with Gasteiger partial charge in [0, 0.05) is 39.0 Å². The van der Waals surface area contributed by atoms with Crippen molar-refractivity contribution < 1.29 is 17.7 Å². The zero-order valence-electron chi connectivity index (χ0n) is 17.5. The molecule has 28 heavy (non-hydrogen) atoms. The normalized spacial score (nSPS) is 15.5. The van der Waals surface area contributed by atoms with E-state index in [0.717, 1.165) is 6.42 Å². The van der Waals surface area contributed by atoms with Crippen LogP contribution in [-0.4, -0.2) is 72.3 Å². The number of aromatic nitrogens is 2. The molecule has 1 aromatic rings. The molecule has 0 spiro atoms. The molecule has 1 aliphatic heterocycles. The number of hydrogen-bond donors (Lipinski definition) is 1. The summed E-state index contributed by atoms with van der Waals surface area (Å²) in [4.78, 5) is 18.1. The molecule has 160 valence electrons. The van der Waals surface area contributed by atoms with E-state index >= 15 is 0 Å². The molecule has 1 fully saturated rings. The minimum absolute atomic E-state index is 0.137. The van der Waals surface area contributed by atoms with Crippen LogP contribution in [-0.2, 0) is 22.9 Å². The van der Waals surface area contributed by atoms with E-state index in [0.29, 0.717) is 56.0 Å². The SMILES string of the molecule is CC(C)CCNC(=O)N1CC(N(CCc2noc(CC(C)C)n2)S(C)(=O)=O)C1. The summed E-state index contributed by atoms with van der Waals surface area (Å²) in [7, 11) is -3.40. The van der Waals surface area contributed by atoms with Crippen molar-refractivity contribution >= 4 is 16.1 Å². The number of carbonyl (C=O) groups excluding carboxylic acids is 1. The lowest BCUT2D eigenvalue weighted by Gasteiger charge is -2.44. The Morgan fingerprint density at radius 3 is 2.54 bits per heavy atom. The van der Waals surface area contributed by atoms with Gasteiger partial charge in [-0.2, -0.15) is 9.29 Å². The molecule has 0 unspecified atom stereocenters. The number of urea groups is 1. The van der Waals surface area contributed by atoms with Crippen molar-refractivity contribution in [2.45, 2.75) is 53.0 Å². The minimum atomic E-state index is -3.40. The molecule has 0 aliphatic carbocycles. The number of nitrogens with zero attached hydrogens (tertiary/aromatic N) is 4. The number of nitrogens with one attached hydrogen (secondary N) is 1. The number of rotatable bonds is 10. The molecular weight excluding hydrogens is 382 g/mol. The molecule has 0 radical (unpaired) electrons. The Balaban J connectivity index is 1.85. The highest BCUT2D eigenvalue weighted by molar-refractivity contribution is 7.88. The first-order valence-electron chi connectivity index (χ1n) is 9.87. The van der Waals surface area contributed by atoms with Crippen LogP contribution >= 0.6 is 0 Å². The summed E-state index contributed by atoms with van der Waals surface area (Å²) in [6.07, 6.45) is 3.19. The Hall–Kier alpha value is -1.68. The van der Waals surface area contributed by atoms with E-state index in [4.69, 9.17) is 4.52 Å². The molecule has 10 heteroatoms. The van der Waals surface area contributed by atoms with Gasteiger partial charge in [-0.05, 0) is 18.3 Å². The van der Waals surface area contributed by atoms with Gasteiger partial charge in [0.1, 0.15) is 0 Å². The van der Waals surface area contributed by atoms with Crippen LogP contribution in [0.15, 0.2) is 4.52 Å². The van der Waals surface area contributed by atoms with E-state index in [9.17, 15) is 13.2 Å². The van der Waals surface area contributed by atoms with Crippen LogP contribution in [0.2, 0.25) is 0 Å². The maximum absolute atomic E-state index is 12.2. The molecule has 2 amide bonds. The third-order valence-corrected chi connectivity index (χ3v) is 5.96. The largest absolute Gasteiger partial charge is 0.339 e. The van der Waals surface area contributed by atoms with Crippen LogP contribution in [0, 0.1) is 11.8 Å². The summed E-state index contributed by atoms with van der Waals surface area (Å²) < 4.78 is 31.0. The minimum Gasteiger partial charge on any atom is -0.339 e. The molecule has 0 bridgehead atoms. The van der Waals surface area contributed by atoms with Crippen molar-refractivity contribution in [1.29, 1.82) is 0 Å². The number of sulfonamides is 1. The fourth-order valence-corrected chi connectivity index (χ4v) is 4.13. The average Bonchev–Trinajstić information content (AvgIpc) is 2.94. The fraction of sp³-hybridized carbons (Fsp3) is 0.833. The monoisotopic (exact) mass is 415 g/mol. The molecule has 0 saturated carbocycles. The van der Waals surface area contributed by atoms with Gasteiger partial charge in [-0.1, -0.05) is 32.9 Å². The molecule has 1 N–H and O–H groups in total. The number of hydrogen-bond acceptors (Lipinski definition) is 6. The standard InChI is InChI=1S/C18H33N5O4S/c1-13(2)6-8-19-18(24)22-11-15(12-22)23(28(5,25)26)9-7-16-20-17(27-21-16)10-14(3)4/h13-15H,6-12H2,1-5H3,(H,19,24). The van der Waals surface area contributed by atoms with Gasteiger partial charge in [-0.15, -0.1) is 0 Å². The maximum Gasteiger partial charge on any atom is 0.317 e. The lowest BCUT2D eigenvalue weighted by Crippen LogP contribution is -2.64. The van der Waals surface area contributed by atoms with Crippen LogP contribution in [0.4, 0.5) is 4.79 Å². The summed E-state index contributed by atoms with van der Waals surface area (Å²) in [6, 6.07) is -0.352. The Labute approximate surface area is 167 Å². The van der Waals surface area contributed by atoms with Crippen LogP contribution in [0.3, 0.4) is 0 Å². The van der Waals surface area contributed by atoms with Crippen LogP contribution in [0.5, 0.6) is 0 Å². The first-order valence-corrected chi connectivity index (χ1v) is 11.7. The van der Waals surface area contributed by atoms with Gasteiger partial charge in [-0.25, -0.2) is 13.2 Å². The van der Waals surface area contributed by atoms with E-state index in [-0.39, 0.29) is 18.6 Å². The number of likely N-dealkylation sites (tertiary alicyclic amines) is 1. The van der Waals surface area contributed by atoms with Crippen LogP contribution in [0.25, 0.3) is 0 Å². The van der Waals surface area contributed by atoms with Gasteiger partial charge in [0.25, 0.3) is 0 Å². The first kappa shape index (κ1) is 22.6. The van der Waals surface area contributed by atoms with E-state index in [1.807, 2.05) is 0 Å². The van der Waals surface area contributed by atoms with E-state index in [2.05, 4.69) is 43.2 Å². The lowest BCUT2D eigenvalue weighted by atomic mass is 10.1. The molecule has 2 rings (SSSR count). The van der Waals surface area contributed by atoms with Crippen molar-refractivity contribution in [3.63, 3.8) is 0 Å². The van der Waals surface area contributed by atoms with E-state index in [1.54, 1.807) is 4.90 Å². The smallest absolute Gasteiger partial charge is 0.317 e. The van der Waals surface area contributed by atoms with Crippen LogP contribution < -0.4 is 5.32 Å². The molecule has 2 heterocycles. The first-order chi connectivity index (χ1) is 13.1. The second-order valence-corrected chi connectivity index (χ2v) is 10.2. The zero-order chi connectivity index (χ0) is 20.9. The van der Waals surface area contributed by atoms with Gasteiger partial charge < -0.3 is 14.7 Å². The number of amides is 2. The zero-order valence-corrected chi connectivity index (χ0v) is 18.3. The Morgan fingerprint density at radius 1 is 1.29 bits per heavy atom. The summed E-state index contributed by atoms with van der Waals surface area (Å²) >= 11 is 0.